The number of carboxylic acid groups (broad SMARTS) is 1. The summed E-state index contributed by atoms with van der Waals surface area (Å²) in [6, 6.07) is 5.19. The standard InChI is InChI=1S/C19H20BrNO4S.C9H16O2/c20-14-10-13(11-16-18(23)21-19(24)26-16)6-8-15(14)25-17(22)9-7-12-4-2-1-3-5-12;10-9(11)7-6-8-4-2-1-3-5-8/h6,8,10-12H,1-5,7,9H2,(H,21,23,24);8H,1-7H2,(H,10,11)/b16-11-;. The van der Waals surface area contributed by atoms with E-state index in [0.29, 0.717) is 39.8 Å². The molecule has 1 aromatic carbocycles. The average Bonchev–Trinajstić information content (AvgIpc) is 3.21. The molecule has 7 nitrogen and oxygen atoms in total. The number of carbonyl (C=O) groups is 4. The van der Waals surface area contributed by atoms with Crippen molar-refractivity contribution in [1.29, 1.82) is 0 Å². The van der Waals surface area contributed by atoms with Gasteiger partial charge in [0.25, 0.3) is 11.1 Å². The number of imide groups is 1. The second kappa shape index (κ2) is 15.3. The highest BCUT2D eigenvalue weighted by Gasteiger charge is 2.25. The number of hydrogen-bond donors (Lipinski definition) is 2. The number of ether oxygens (including phenoxy) is 1. The minimum absolute atomic E-state index is 0.223. The first-order valence-electron chi connectivity index (χ1n) is 13.3. The van der Waals surface area contributed by atoms with Gasteiger partial charge in [-0.2, -0.15) is 0 Å². The fourth-order valence-corrected chi connectivity index (χ4v) is 6.20. The van der Waals surface area contributed by atoms with Gasteiger partial charge in [0.05, 0.1) is 9.38 Å². The van der Waals surface area contributed by atoms with E-state index in [4.69, 9.17) is 9.84 Å². The number of esters is 1. The van der Waals surface area contributed by atoms with Gasteiger partial charge in [-0.25, -0.2) is 0 Å². The Bertz CT molecular complexity index is 998. The van der Waals surface area contributed by atoms with Crippen LogP contribution in [0.5, 0.6) is 5.75 Å². The first-order chi connectivity index (χ1) is 17.8. The summed E-state index contributed by atoms with van der Waals surface area (Å²) >= 11 is 4.27. The maximum Gasteiger partial charge on any atom is 0.311 e. The molecule has 0 bridgehead atoms. The molecule has 0 atom stereocenters. The zero-order chi connectivity index (χ0) is 26.6. The predicted molar refractivity (Wildman–Crippen MR) is 148 cm³/mol. The molecule has 3 aliphatic rings. The van der Waals surface area contributed by atoms with Crippen molar-refractivity contribution in [3.8, 4) is 5.75 Å². The predicted octanol–water partition coefficient (Wildman–Crippen LogP) is 7.47. The molecule has 2 saturated carbocycles. The third kappa shape index (κ3) is 10.6. The van der Waals surface area contributed by atoms with Gasteiger partial charge in [-0.15, -0.1) is 0 Å². The lowest BCUT2D eigenvalue weighted by molar-refractivity contribution is -0.137. The Hall–Kier alpha value is -2.13. The quantitative estimate of drug-likeness (QED) is 0.183. The highest BCUT2D eigenvalue weighted by Crippen LogP contribution is 2.31. The van der Waals surface area contributed by atoms with Crippen LogP contribution in [0.15, 0.2) is 27.6 Å². The molecule has 2 N–H and O–H groups in total. The summed E-state index contributed by atoms with van der Waals surface area (Å²) in [6.07, 6.45) is 17.0. The molecule has 9 heteroatoms. The largest absolute Gasteiger partial charge is 0.481 e. The van der Waals surface area contributed by atoms with Crippen molar-refractivity contribution in [1.82, 2.24) is 5.32 Å². The molecule has 202 valence electrons. The molecule has 0 radical (unpaired) electrons. The van der Waals surface area contributed by atoms with Crippen molar-refractivity contribution >= 4 is 56.9 Å². The molecule has 0 aromatic heterocycles. The molecule has 4 rings (SSSR count). The van der Waals surface area contributed by atoms with Crippen LogP contribution >= 0.6 is 27.7 Å². The van der Waals surface area contributed by atoms with Crippen LogP contribution in [0.4, 0.5) is 4.79 Å². The number of nitrogens with one attached hydrogen (secondary N) is 1. The summed E-state index contributed by atoms with van der Waals surface area (Å²) in [5.41, 5.74) is 0.742. The van der Waals surface area contributed by atoms with E-state index in [0.717, 1.165) is 30.2 Å². The number of hydrogen-bond acceptors (Lipinski definition) is 6. The minimum atomic E-state index is -0.643. The van der Waals surface area contributed by atoms with Crippen LogP contribution in [-0.2, 0) is 14.4 Å². The Morgan fingerprint density at radius 1 is 0.973 bits per heavy atom. The number of carboxylic acids is 1. The Morgan fingerprint density at radius 2 is 1.57 bits per heavy atom. The molecule has 2 aliphatic carbocycles. The molecule has 1 saturated heterocycles. The second-order valence-corrected chi connectivity index (χ2v) is 11.9. The fourth-order valence-electron chi connectivity index (χ4n) is 5.04. The molecule has 0 unspecified atom stereocenters. The Balaban J connectivity index is 0.000000289. The fraction of sp³-hybridized carbons (Fsp3) is 0.571. The summed E-state index contributed by atoms with van der Waals surface area (Å²) in [5, 5.41) is 10.3. The van der Waals surface area contributed by atoms with Crippen molar-refractivity contribution in [2.75, 3.05) is 0 Å². The van der Waals surface area contributed by atoms with Crippen LogP contribution < -0.4 is 10.1 Å². The lowest BCUT2D eigenvalue weighted by atomic mass is 9.86. The normalized spacial score (nSPS) is 19.8. The maximum atomic E-state index is 12.1. The van der Waals surface area contributed by atoms with Crippen molar-refractivity contribution < 1.29 is 29.0 Å². The number of carbonyl (C=O) groups excluding carboxylic acids is 3. The summed E-state index contributed by atoms with van der Waals surface area (Å²) in [5.74, 6) is 0.551. The van der Waals surface area contributed by atoms with Gasteiger partial charge in [-0.3, -0.25) is 24.5 Å². The number of thioether (sulfide) groups is 1. The maximum absolute atomic E-state index is 12.1. The number of amides is 2. The molecule has 37 heavy (non-hydrogen) atoms. The number of aliphatic carboxylic acids is 1. The van der Waals surface area contributed by atoms with Gasteiger partial charge in [0.2, 0.25) is 0 Å². The van der Waals surface area contributed by atoms with Crippen LogP contribution in [-0.4, -0.2) is 28.2 Å². The monoisotopic (exact) mass is 593 g/mol. The molecule has 3 fully saturated rings. The van der Waals surface area contributed by atoms with Crippen molar-refractivity contribution in [2.45, 2.75) is 89.9 Å². The zero-order valence-electron chi connectivity index (χ0n) is 21.1. The molecule has 2 amide bonds. The topological polar surface area (TPSA) is 110 Å². The summed E-state index contributed by atoms with van der Waals surface area (Å²) < 4.78 is 6.09. The second-order valence-electron chi connectivity index (χ2n) is 10.00. The van der Waals surface area contributed by atoms with Gasteiger partial charge in [-0.05, 0) is 76.1 Å². The van der Waals surface area contributed by atoms with E-state index >= 15 is 0 Å². The van der Waals surface area contributed by atoms with Gasteiger partial charge >= 0.3 is 11.9 Å². The van der Waals surface area contributed by atoms with Gasteiger partial charge in [0.1, 0.15) is 5.75 Å². The van der Waals surface area contributed by atoms with Crippen LogP contribution in [0.2, 0.25) is 0 Å². The van der Waals surface area contributed by atoms with E-state index in [9.17, 15) is 19.2 Å². The van der Waals surface area contributed by atoms with Crippen molar-refractivity contribution in [3.05, 3.63) is 33.1 Å². The van der Waals surface area contributed by atoms with Gasteiger partial charge < -0.3 is 9.84 Å². The van der Waals surface area contributed by atoms with E-state index in [-0.39, 0.29) is 11.2 Å². The molecule has 1 aromatic rings. The molecular weight excluding hydrogens is 558 g/mol. The van der Waals surface area contributed by atoms with E-state index < -0.39 is 11.9 Å². The van der Waals surface area contributed by atoms with E-state index in [2.05, 4.69) is 21.2 Å². The smallest absolute Gasteiger partial charge is 0.311 e. The SMILES string of the molecule is O=C(CCC1CCCCC1)Oc1ccc(/C=C2\SC(=O)NC2=O)cc1Br.O=C(O)CCC1CCCCC1. The van der Waals surface area contributed by atoms with Crippen molar-refractivity contribution in [2.24, 2.45) is 11.8 Å². The molecule has 1 heterocycles. The van der Waals surface area contributed by atoms with Crippen LogP contribution in [0.25, 0.3) is 6.08 Å². The summed E-state index contributed by atoms with van der Waals surface area (Å²) in [4.78, 5) is 45.5. The molecule has 1 aliphatic heterocycles. The third-order valence-corrected chi connectivity index (χ3v) is 8.52. The number of benzene rings is 1. The van der Waals surface area contributed by atoms with Crippen LogP contribution in [0.3, 0.4) is 0 Å². The van der Waals surface area contributed by atoms with Gasteiger partial charge in [-0.1, -0.05) is 70.3 Å². The highest BCUT2D eigenvalue weighted by molar-refractivity contribution is 9.10. The Kier molecular flexibility index (Phi) is 12.2. The first-order valence-corrected chi connectivity index (χ1v) is 14.9. The molecular formula is C28H36BrNO6S. The van der Waals surface area contributed by atoms with E-state index in [1.165, 1.54) is 64.2 Å². The Morgan fingerprint density at radius 3 is 2.08 bits per heavy atom. The van der Waals surface area contributed by atoms with Gasteiger partial charge in [0.15, 0.2) is 0 Å². The zero-order valence-corrected chi connectivity index (χ0v) is 23.5. The number of rotatable bonds is 8. The minimum Gasteiger partial charge on any atom is -0.481 e. The lowest BCUT2D eigenvalue weighted by Crippen LogP contribution is -2.17. The third-order valence-electron chi connectivity index (χ3n) is 7.09. The van der Waals surface area contributed by atoms with Gasteiger partial charge in [0, 0.05) is 12.8 Å². The number of halogens is 1. The van der Waals surface area contributed by atoms with E-state index in [1.54, 1.807) is 24.3 Å². The summed E-state index contributed by atoms with van der Waals surface area (Å²) in [7, 11) is 0. The highest BCUT2D eigenvalue weighted by atomic mass is 79.9. The Labute approximate surface area is 231 Å². The average molecular weight is 595 g/mol. The van der Waals surface area contributed by atoms with Crippen LogP contribution in [0.1, 0.15) is 95.5 Å². The van der Waals surface area contributed by atoms with Crippen molar-refractivity contribution in [3.63, 3.8) is 0 Å². The lowest BCUT2D eigenvalue weighted by Gasteiger charge is -2.20. The first kappa shape index (κ1) is 29.4. The summed E-state index contributed by atoms with van der Waals surface area (Å²) in [6.45, 7) is 0. The van der Waals surface area contributed by atoms with Crippen LogP contribution in [0, 0.1) is 11.8 Å². The molecule has 0 spiro atoms. The van der Waals surface area contributed by atoms with E-state index in [1.807, 2.05) is 0 Å².